The summed E-state index contributed by atoms with van der Waals surface area (Å²) in [6, 6.07) is 0. The molecule has 0 amide bonds. The van der Waals surface area contributed by atoms with Crippen LogP contribution in [0.25, 0.3) is 0 Å². The smallest absolute Gasteiger partial charge is 0.340 e. The average Bonchev–Trinajstić information content (AvgIpc) is 1.62. The molecule has 0 aromatic carbocycles. The van der Waals surface area contributed by atoms with Crippen molar-refractivity contribution in [2.45, 2.75) is 25.6 Å². The number of carbonyl (C=O) groups is 1. The first kappa shape index (κ1) is 8.36. The zero-order valence-corrected chi connectivity index (χ0v) is 5.39. The van der Waals surface area contributed by atoms with Gasteiger partial charge in [0.1, 0.15) is 0 Å². The van der Waals surface area contributed by atoms with Gasteiger partial charge in [0.25, 0.3) is 0 Å². The van der Waals surface area contributed by atoms with E-state index in [4.69, 9.17) is 10.8 Å². The molecule has 9 heavy (non-hydrogen) atoms. The lowest BCUT2D eigenvalue weighted by molar-refractivity contribution is -0.144. The van der Waals surface area contributed by atoms with Crippen LogP contribution in [0.2, 0.25) is 0 Å². The summed E-state index contributed by atoms with van der Waals surface area (Å²) in [5, 5.41) is 8.06. The monoisotopic (exact) mass is 135 g/mol. The van der Waals surface area contributed by atoms with E-state index in [1.165, 1.54) is 13.8 Å². The van der Waals surface area contributed by atoms with Crippen molar-refractivity contribution in [1.82, 2.24) is 0 Å². The lowest BCUT2D eigenvalue weighted by Gasteiger charge is -2.19. The third-order valence-corrected chi connectivity index (χ3v) is 0.870. The fraction of sp³-hybridized carbons (Fsp3) is 0.800. The molecule has 0 heterocycles. The third-order valence-electron chi connectivity index (χ3n) is 0.870. The Morgan fingerprint density at radius 1 is 1.78 bits per heavy atom. The number of hydrogen-bond acceptors (Lipinski definition) is 2. The molecule has 0 aliphatic heterocycles. The summed E-state index contributed by atoms with van der Waals surface area (Å²) in [5.74, 6) is -1.51. The highest BCUT2D eigenvalue weighted by Crippen LogP contribution is 2.08. The highest BCUT2D eigenvalue weighted by atomic mass is 19.1. The van der Waals surface area contributed by atoms with E-state index in [0.717, 1.165) is 0 Å². The van der Waals surface area contributed by atoms with Gasteiger partial charge in [0.05, 0.1) is 5.54 Å². The first-order valence-corrected chi connectivity index (χ1v) is 2.51. The molecule has 0 aromatic rings. The molecule has 0 aliphatic carbocycles. The van der Waals surface area contributed by atoms with Crippen molar-refractivity contribution >= 4 is 5.97 Å². The average molecular weight is 135 g/mol. The zero-order valence-electron chi connectivity index (χ0n) is 5.39. The maximum absolute atomic E-state index is 12.3. The predicted octanol–water partition coefficient (Wildman–Crippen LogP) is 0.146. The van der Waals surface area contributed by atoms with E-state index in [2.05, 4.69) is 0 Å². The third kappa shape index (κ3) is 2.41. The Balaban J connectivity index is 4.04. The maximum Gasteiger partial charge on any atom is 0.340 e. The minimum Gasteiger partial charge on any atom is -0.479 e. The van der Waals surface area contributed by atoms with E-state index in [9.17, 15) is 9.18 Å². The molecular weight excluding hydrogens is 125 g/mol. The topological polar surface area (TPSA) is 63.3 Å². The van der Waals surface area contributed by atoms with Crippen molar-refractivity contribution < 1.29 is 14.3 Å². The number of carboxylic acid groups (broad SMARTS) is 1. The van der Waals surface area contributed by atoms with Crippen LogP contribution < -0.4 is 5.73 Å². The lowest BCUT2D eigenvalue weighted by atomic mass is 10.0. The van der Waals surface area contributed by atoms with Crippen LogP contribution in [0.5, 0.6) is 0 Å². The van der Waals surface area contributed by atoms with E-state index >= 15 is 0 Å². The molecular formula is C5H10FNO2. The van der Waals surface area contributed by atoms with Crippen molar-refractivity contribution in [2.75, 3.05) is 0 Å². The molecule has 0 saturated heterocycles. The molecule has 3 nitrogen and oxygen atoms in total. The summed E-state index contributed by atoms with van der Waals surface area (Å²) in [4.78, 5) is 9.89. The largest absolute Gasteiger partial charge is 0.479 e. The van der Waals surface area contributed by atoms with E-state index in [1.54, 1.807) is 0 Å². The van der Waals surface area contributed by atoms with Crippen molar-refractivity contribution in [3.05, 3.63) is 0 Å². The van der Waals surface area contributed by atoms with Gasteiger partial charge in [-0.05, 0) is 13.8 Å². The minimum absolute atomic E-state index is 1.29. The Morgan fingerprint density at radius 2 is 2.11 bits per heavy atom. The van der Waals surface area contributed by atoms with Gasteiger partial charge in [0, 0.05) is 0 Å². The van der Waals surface area contributed by atoms with Crippen LogP contribution in [-0.2, 0) is 4.79 Å². The highest BCUT2D eigenvalue weighted by Gasteiger charge is 2.31. The van der Waals surface area contributed by atoms with Crippen LogP contribution in [0.4, 0.5) is 4.39 Å². The van der Waals surface area contributed by atoms with Crippen LogP contribution in [0.1, 0.15) is 13.8 Å². The van der Waals surface area contributed by atoms with E-state index in [-0.39, 0.29) is 0 Å². The number of aliphatic carboxylic acids is 1. The van der Waals surface area contributed by atoms with E-state index in [1.807, 2.05) is 0 Å². The molecule has 3 N–H and O–H groups in total. The highest BCUT2D eigenvalue weighted by molar-refractivity contribution is 5.73. The molecule has 54 valence electrons. The normalized spacial score (nSPS) is 15.1. The molecule has 1 unspecified atom stereocenters. The number of nitrogens with two attached hydrogens (primary N) is 1. The van der Waals surface area contributed by atoms with E-state index < -0.39 is 17.7 Å². The second-order valence-corrected chi connectivity index (χ2v) is 2.52. The Hall–Kier alpha value is -0.640. The fourth-order valence-electron chi connectivity index (χ4n) is 0.318. The molecule has 0 aliphatic rings. The van der Waals surface area contributed by atoms with Gasteiger partial charge in [-0.3, -0.25) is 0 Å². The number of rotatable bonds is 2. The summed E-state index contributed by atoms with van der Waals surface area (Å²) in [6.07, 6.45) is -1.99. The van der Waals surface area contributed by atoms with Crippen molar-refractivity contribution in [3.63, 3.8) is 0 Å². The van der Waals surface area contributed by atoms with Gasteiger partial charge in [0.2, 0.25) is 6.17 Å². The zero-order chi connectivity index (χ0) is 7.65. The Kier molecular flexibility index (Phi) is 2.14. The fourth-order valence-corrected chi connectivity index (χ4v) is 0.318. The van der Waals surface area contributed by atoms with Crippen LogP contribution >= 0.6 is 0 Å². The SMILES string of the molecule is CC(C)(N)C(F)C(=O)O. The first-order chi connectivity index (χ1) is 3.85. The van der Waals surface area contributed by atoms with Crippen LogP contribution in [0.3, 0.4) is 0 Å². The standard InChI is InChI=1S/C5H10FNO2/c1-5(2,7)3(6)4(8)9/h3H,7H2,1-2H3,(H,8,9). The summed E-state index contributed by atoms with van der Waals surface area (Å²) >= 11 is 0. The molecule has 4 heteroatoms. The second kappa shape index (κ2) is 2.31. The molecule has 0 fully saturated rings. The van der Waals surface area contributed by atoms with Gasteiger partial charge < -0.3 is 10.8 Å². The number of hydrogen-bond donors (Lipinski definition) is 2. The van der Waals surface area contributed by atoms with Gasteiger partial charge in [-0.25, -0.2) is 9.18 Å². The number of alkyl halides is 1. The molecule has 0 saturated carbocycles. The summed E-state index contributed by atoms with van der Waals surface area (Å²) < 4.78 is 12.3. The molecule has 0 bridgehead atoms. The molecule has 0 rings (SSSR count). The van der Waals surface area contributed by atoms with Gasteiger partial charge in [-0.2, -0.15) is 0 Å². The van der Waals surface area contributed by atoms with Gasteiger partial charge in [-0.15, -0.1) is 0 Å². The van der Waals surface area contributed by atoms with Crippen LogP contribution in [-0.4, -0.2) is 22.8 Å². The lowest BCUT2D eigenvalue weighted by Crippen LogP contribution is -2.46. The predicted molar refractivity (Wildman–Crippen MR) is 30.8 cm³/mol. The first-order valence-electron chi connectivity index (χ1n) is 2.51. The Labute approximate surface area is 52.7 Å². The van der Waals surface area contributed by atoms with Gasteiger partial charge >= 0.3 is 5.97 Å². The second-order valence-electron chi connectivity index (χ2n) is 2.52. The van der Waals surface area contributed by atoms with Crippen molar-refractivity contribution in [3.8, 4) is 0 Å². The summed E-state index contributed by atoms with van der Waals surface area (Å²) in [5.41, 5.74) is 3.84. The Bertz CT molecular complexity index is 119. The number of carboxylic acids is 1. The van der Waals surface area contributed by atoms with Crippen molar-refractivity contribution in [1.29, 1.82) is 0 Å². The quantitative estimate of drug-likeness (QED) is 0.566. The van der Waals surface area contributed by atoms with Gasteiger partial charge in [-0.1, -0.05) is 0 Å². The van der Waals surface area contributed by atoms with Crippen LogP contribution in [0, 0.1) is 0 Å². The summed E-state index contributed by atoms with van der Waals surface area (Å²) in [6.45, 7) is 2.65. The maximum atomic E-state index is 12.3. The van der Waals surface area contributed by atoms with Crippen LogP contribution in [0.15, 0.2) is 0 Å². The molecule has 0 radical (unpaired) electrons. The number of halogens is 1. The summed E-state index contributed by atoms with van der Waals surface area (Å²) in [7, 11) is 0. The Morgan fingerprint density at radius 3 is 2.11 bits per heavy atom. The minimum atomic E-state index is -1.99. The van der Waals surface area contributed by atoms with Crippen molar-refractivity contribution in [2.24, 2.45) is 5.73 Å². The molecule has 1 atom stereocenters. The van der Waals surface area contributed by atoms with Gasteiger partial charge in [0.15, 0.2) is 0 Å². The molecule has 0 spiro atoms. The van der Waals surface area contributed by atoms with E-state index in [0.29, 0.717) is 0 Å². The molecule has 0 aromatic heterocycles.